The first-order valence-corrected chi connectivity index (χ1v) is 5.27. The largest absolute Gasteiger partial charge is 0.386 e. The average Bonchev–Trinajstić information content (AvgIpc) is 2.47. The van der Waals surface area contributed by atoms with Crippen molar-refractivity contribution in [3.05, 3.63) is 34.3 Å². The topological polar surface area (TPSA) is 41.6 Å². The molecule has 1 aromatic rings. The van der Waals surface area contributed by atoms with E-state index in [1.165, 1.54) is 5.56 Å². The van der Waals surface area contributed by atoms with Crippen LogP contribution in [0.25, 0.3) is 0 Å². The zero-order chi connectivity index (χ0) is 10.1. The van der Waals surface area contributed by atoms with Crippen molar-refractivity contribution in [2.24, 2.45) is 10.8 Å². The molecule has 1 aromatic carbocycles. The van der Waals surface area contributed by atoms with Gasteiger partial charge >= 0.3 is 0 Å². The average molecular weight is 254 g/mol. The smallest absolute Gasteiger partial charge is 0.122 e. The number of nitrogens with zero attached hydrogens (tertiary/aromatic N) is 2. The molecule has 0 bridgehead atoms. The van der Waals surface area contributed by atoms with Crippen LogP contribution in [0, 0.1) is 0 Å². The predicted octanol–water partition coefficient (Wildman–Crippen LogP) is 2.10. The molecule has 0 spiro atoms. The van der Waals surface area contributed by atoms with Crippen LogP contribution in [0.2, 0.25) is 0 Å². The molecule has 2 rings (SSSR count). The first-order valence-electron chi connectivity index (χ1n) is 4.48. The van der Waals surface area contributed by atoms with Gasteiger partial charge in [0, 0.05) is 17.9 Å². The van der Waals surface area contributed by atoms with Crippen LogP contribution in [0.4, 0.5) is 0 Å². The van der Waals surface area contributed by atoms with E-state index in [2.05, 4.69) is 33.2 Å². The third-order valence-corrected chi connectivity index (χ3v) is 2.92. The lowest BCUT2D eigenvalue weighted by Crippen LogP contribution is -2.14. The number of hydrogen-bond acceptors (Lipinski definition) is 3. The molecule has 0 aromatic heterocycles. The fraction of sp³-hybridized carbons (Fsp3) is 0.300. The second kappa shape index (κ2) is 3.61. The van der Waals surface area contributed by atoms with Crippen molar-refractivity contribution < 1.29 is 0 Å². The van der Waals surface area contributed by atoms with Gasteiger partial charge in [-0.15, -0.1) is 0 Å². The van der Waals surface area contributed by atoms with Crippen LogP contribution in [0.15, 0.2) is 33.8 Å². The van der Waals surface area contributed by atoms with E-state index in [1.807, 2.05) is 24.2 Å². The Balaban J connectivity index is 2.21. The van der Waals surface area contributed by atoms with Crippen LogP contribution >= 0.6 is 15.9 Å². The van der Waals surface area contributed by atoms with Gasteiger partial charge in [0.1, 0.15) is 5.84 Å². The number of rotatable bonds is 1. The van der Waals surface area contributed by atoms with Gasteiger partial charge in [-0.1, -0.05) is 28.1 Å². The summed E-state index contributed by atoms with van der Waals surface area (Å²) < 4.78 is 1.09. The molecule has 14 heavy (non-hydrogen) atoms. The van der Waals surface area contributed by atoms with Crippen molar-refractivity contribution in [3.63, 3.8) is 0 Å². The first-order chi connectivity index (χ1) is 6.66. The Kier molecular flexibility index (Phi) is 2.46. The van der Waals surface area contributed by atoms with Crippen LogP contribution in [0.5, 0.6) is 0 Å². The molecule has 0 saturated heterocycles. The zero-order valence-electron chi connectivity index (χ0n) is 7.94. The van der Waals surface area contributed by atoms with Gasteiger partial charge in [0.2, 0.25) is 0 Å². The molecule has 0 amide bonds. The van der Waals surface area contributed by atoms with E-state index in [0.717, 1.165) is 10.9 Å². The van der Waals surface area contributed by atoms with Crippen LogP contribution < -0.4 is 5.73 Å². The second-order valence-electron chi connectivity index (χ2n) is 3.44. The predicted molar refractivity (Wildman–Crippen MR) is 60.9 cm³/mol. The second-order valence-corrected chi connectivity index (χ2v) is 4.35. The normalized spacial score (nSPS) is 21.1. The highest BCUT2D eigenvalue weighted by atomic mass is 79.9. The van der Waals surface area contributed by atoms with Gasteiger partial charge in [-0.2, -0.15) is 5.10 Å². The zero-order valence-corrected chi connectivity index (χ0v) is 9.53. The monoisotopic (exact) mass is 253 g/mol. The summed E-state index contributed by atoms with van der Waals surface area (Å²) in [5.41, 5.74) is 6.93. The fourth-order valence-electron chi connectivity index (χ4n) is 1.66. The number of benzene rings is 1. The van der Waals surface area contributed by atoms with Crippen LogP contribution in [-0.4, -0.2) is 17.9 Å². The standard InChI is InChI=1S/C10H12BrN3/c1-14-9(6-10(12)13-14)7-2-4-8(11)5-3-7/h2-5,9H,6H2,1H3,(H2,12,13). The van der Waals surface area contributed by atoms with Gasteiger partial charge < -0.3 is 5.73 Å². The summed E-state index contributed by atoms with van der Waals surface area (Å²) in [7, 11) is 1.95. The molecule has 0 radical (unpaired) electrons. The van der Waals surface area contributed by atoms with Gasteiger partial charge in [-0.3, -0.25) is 5.01 Å². The minimum atomic E-state index is 0.295. The summed E-state index contributed by atoms with van der Waals surface area (Å²) in [6, 6.07) is 8.57. The molecule has 4 heteroatoms. The summed E-state index contributed by atoms with van der Waals surface area (Å²) in [5, 5.41) is 6.10. The maximum atomic E-state index is 5.68. The minimum Gasteiger partial charge on any atom is -0.386 e. The van der Waals surface area contributed by atoms with E-state index in [9.17, 15) is 0 Å². The number of hydrazone groups is 1. The van der Waals surface area contributed by atoms with Crippen molar-refractivity contribution in [2.75, 3.05) is 7.05 Å². The third-order valence-electron chi connectivity index (χ3n) is 2.39. The highest BCUT2D eigenvalue weighted by Gasteiger charge is 2.23. The van der Waals surface area contributed by atoms with Crippen molar-refractivity contribution in [1.29, 1.82) is 0 Å². The van der Waals surface area contributed by atoms with E-state index in [0.29, 0.717) is 11.9 Å². The molecular formula is C10H12BrN3. The van der Waals surface area contributed by atoms with Crippen molar-refractivity contribution in [2.45, 2.75) is 12.5 Å². The number of nitrogens with two attached hydrogens (primary N) is 1. The lowest BCUT2D eigenvalue weighted by Gasteiger charge is -2.18. The Hall–Kier alpha value is -1.03. The SMILES string of the molecule is CN1N=C(N)CC1c1ccc(Br)cc1. The van der Waals surface area contributed by atoms with Gasteiger partial charge in [0.25, 0.3) is 0 Å². The number of amidine groups is 1. The highest BCUT2D eigenvalue weighted by molar-refractivity contribution is 9.10. The summed E-state index contributed by atoms with van der Waals surface area (Å²) in [5.74, 6) is 0.709. The Morgan fingerprint density at radius 2 is 2.07 bits per heavy atom. The first kappa shape index (κ1) is 9.52. The summed E-state index contributed by atoms with van der Waals surface area (Å²) in [4.78, 5) is 0. The summed E-state index contributed by atoms with van der Waals surface area (Å²) in [6.45, 7) is 0. The molecule has 2 N–H and O–H groups in total. The Labute approximate surface area is 91.7 Å². The lowest BCUT2D eigenvalue weighted by molar-refractivity contribution is 0.290. The van der Waals surface area contributed by atoms with Crippen LogP contribution in [0.3, 0.4) is 0 Å². The molecular weight excluding hydrogens is 242 g/mol. The lowest BCUT2D eigenvalue weighted by atomic mass is 10.0. The van der Waals surface area contributed by atoms with E-state index < -0.39 is 0 Å². The van der Waals surface area contributed by atoms with E-state index in [1.54, 1.807) is 0 Å². The molecule has 1 aliphatic heterocycles. The molecule has 3 nitrogen and oxygen atoms in total. The molecule has 0 fully saturated rings. The molecule has 1 heterocycles. The van der Waals surface area contributed by atoms with Crippen molar-refractivity contribution in [1.82, 2.24) is 5.01 Å². The quantitative estimate of drug-likeness (QED) is 0.833. The van der Waals surface area contributed by atoms with Crippen LogP contribution in [-0.2, 0) is 0 Å². The summed E-state index contributed by atoms with van der Waals surface area (Å²) in [6.07, 6.45) is 0.818. The minimum absolute atomic E-state index is 0.295. The van der Waals surface area contributed by atoms with E-state index in [-0.39, 0.29) is 0 Å². The molecule has 74 valence electrons. The highest BCUT2D eigenvalue weighted by Crippen LogP contribution is 2.28. The van der Waals surface area contributed by atoms with Gasteiger partial charge in [-0.25, -0.2) is 0 Å². The van der Waals surface area contributed by atoms with Crippen molar-refractivity contribution >= 4 is 21.8 Å². The van der Waals surface area contributed by atoms with Gasteiger partial charge in [0.15, 0.2) is 0 Å². The number of hydrogen-bond donors (Lipinski definition) is 1. The maximum absolute atomic E-state index is 5.68. The van der Waals surface area contributed by atoms with E-state index >= 15 is 0 Å². The molecule has 0 saturated carbocycles. The Morgan fingerprint density at radius 3 is 2.57 bits per heavy atom. The fourth-order valence-corrected chi connectivity index (χ4v) is 1.93. The molecule has 1 unspecified atom stereocenters. The van der Waals surface area contributed by atoms with Gasteiger partial charge in [0.05, 0.1) is 6.04 Å². The molecule has 1 atom stereocenters. The van der Waals surface area contributed by atoms with E-state index in [4.69, 9.17) is 5.73 Å². The number of halogens is 1. The van der Waals surface area contributed by atoms with Crippen molar-refractivity contribution in [3.8, 4) is 0 Å². The Bertz CT molecular complexity index is 358. The molecule has 0 aliphatic carbocycles. The molecule has 1 aliphatic rings. The third kappa shape index (κ3) is 1.75. The Morgan fingerprint density at radius 1 is 1.43 bits per heavy atom. The van der Waals surface area contributed by atoms with Gasteiger partial charge in [-0.05, 0) is 17.7 Å². The summed E-state index contributed by atoms with van der Waals surface area (Å²) >= 11 is 3.41. The van der Waals surface area contributed by atoms with Crippen LogP contribution in [0.1, 0.15) is 18.0 Å². The maximum Gasteiger partial charge on any atom is 0.122 e.